The number of terminal acetylenes is 1. The molecular formula is C18H19ClN4O3S. The molecule has 0 radical (unpaired) electrons. The Hall–Kier alpha value is -2.34. The summed E-state index contributed by atoms with van der Waals surface area (Å²) in [7, 11) is -2.00. The minimum Gasteiger partial charge on any atom is -0.336 e. The number of carbonyl (C=O) groups excluding carboxylic acids is 1. The molecule has 0 spiro atoms. The zero-order valence-electron chi connectivity index (χ0n) is 14.7. The fourth-order valence-corrected chi connectivity index (χ4v) is 4.63. The maximum Gasteiger partial charge on any atom is 0.253 e. The first-order chi connectivity index (χ1) is 12.8. The summed E-state index contributed by atoms with van der Waals surface area (Å²) in [5, 5.41) is 3.93. The van der Waals surface area contributed by atoms with Crippen LogP contribution in [-0.4, -0.2) is 58.7 Å². The molecule has 27 heavy (non-hydrogen) atoms. The van der Waals surface area contributed by atoms with Gasteiger partial charge in [-0.3, -0.25) is 9.48 Å². The number of hydrogen-bond acceptors (Lipinski definition) is 4. The molecule has 0 aliphatic carbocycles. The first kappa shape index (κ1) is 19.4. The van der Waals surface area contributed by atoms with E-state index in [0.29, 0.717) is 17.1 Å². The maximum absolute atomic E-state index is 12.7. The smallest absolute Gasteiger partial charge is 0.253 e. The molecule has 0 bridgehead atoms. The standard InChI is InChI=1S/C18H19ClN4O3S/c1-3-7-23-11-14(9-20-23)10-21(2)27(25,26)17-12-22(13-17)18(24)15-5-4-6-16(19)8-15/h1,4-6,8-9,11,17H,7,10,12-13H2,2H3. The summed E-state index contributed by atoms with van der Waals surface area (Å²) in [6.07, 6.45) is 8.56. The van der Waals surface area contributed by atoms with Gasteiger partial charge in [0.1, 0.15) is 11.8 Å². The SMILES string of the molecule is C#CCn1cc(CN(C)S(=O)(=O)C2CN(C(=O)c3cccc(Cl)c3)C2)cn1. The Balaban J connectivity index is 1.60. The van der Waals surface area contributed by atoms with E-state index in [-0.39, 0.29) is 25.5 Å². The molecule has 1 aromatic heterocycles. The highest BCUT2D eigenvalue weighted by molar-refractivity contribution is 7.89. The minimum atomic E-state index is -3.52. The number of amides is 1. The highest BCUT2D eigenvalue weighted by Crippen LogP contribution is 2.23. The van der Waals surface area contributed by atoms with Gasteiger partial charge < -0.3 is 4.90 Å². The molecule has 9 heteroatoms. The highest BCUT2D eigenvalue weighted by atomic mass is 35.5. The van der Waals surface area contributed by atoms with E-state index < -0.39 is 15.3 Å². The summed E-state index contributed by atoms with van der Waals surface area (Å²) < 4.78 is 28.3. The van der Waals surface area contributed by atoms with Gasteiger partial charge in [-0.15, -0.1) is 6.42 Å². The van der Waals surface area contributed by atoms with Crippen LogP contribution in [0.2, 0.25) is 5.02 Å². The van der Waals surface area contributed by atoms with Crippen LogP contribution >= 0.6 is 11.6 Å². The number of hydrogen-bond donors (Lipinski definition) is 0. The topological polar surface area (TPSA) is 75.5 Å². The zero-order valence-corrected chi connectivity index (χ0v) is 16.3. The van der Waals surface area contributed by atoms with Gasteiger partial charge in [0.15, 0.2) is 0 Å². The molecule has 0 N–H and O–H groups in total. The molecule has 3 rings (SSSR count). The Labute approximate surface area is 163 Å². The van der Waals surface area contributed by atoms with Crippen LogP contribution in [0.5, 0.6) is 0 Å². The third-order valence-corrected chi connectivity index (χ3v) is 6.78. The third kappa shape index (κ3) is 4.16. The largest absolute Gasteiger partial charge is 0.336 e. The lowest BCUT2D eigenvalue weighted by Gasteiger charge is -2.40. The van der Waals surface area contributed by atoms with E-state index in [1.165, 1.54) is 16.3 Å². The van der Waals surface area contributed by atoms with Crippen LogP contribution < -0.4 is 0 Å². The van der Waals surface area contributed by atoms with Crippen LogP contribution in [0.15, 0.2) is 36.7 Å². The van der Waals surface area contributed by atoms with Gasteiger partial charge in [-0.2, -0.15) is 5.10 Å². The summed E-state index contributed by atoms with van der Waals surface area (Å²) in [5.41, 5.74) is 1.20. The molecule has 1 aromatic carbocycles. The van der Waals surface area contributed by atoms with E-state index >= 15 is 0 Å². The third-order valence-electron chi connectivity index (χ3n) is 4.41. The summed E-state index contributed by atoms with van der Waals surface area (Å²) >= 11 is 5.91. The number of benzene rings is 1. The lowest BCUT2D eigenvalue weighted by molar-refractivity contribution is 0.0655. The van der Waals surface area contributed by atoms with Gasteiger partial charge in [0.05, 0.1) is 6.20 Å². The Kier molecular flexibility index (Phi) is 5.56. The molecule has 1 aliphatic rings. The van der Waals surface area contributed by atoms with Gasteiger partial charge >= 0.3 is 0 Å². The molecule has 142 valence electrons. The van der Waals surface area contributed by atoms with Gasteiger partial charge in [0.25, 0.3) is 5.91 Å². The average Bonchev–Trinajstić information content (AvgIpc) is 3.00. The van der Waals surface area contributed by atoms with E-state index in [0.717, 1.165) is 5.56 Å². The molecule has 0 atom stereocenters. The normalized spacial score (nSPS) is 14.8. The number of nitrogens with zero attached hydrogens (tertiary/aromatic N) is 4. The van der Waals surface area contributed by atoms with Gasteiger partial charge in [0.2, 0.25) is 10.0 Å². The van der Waals surface area contributed by atoms with Crippen LogP contribution in [0, 0.1) is 12.3 Å². The number of halogens is 1. The Morgan fingerprint density at radius 3 is 2.85 bits per heavy atom. The van der Waals surface area contributed by atoms with Crippen molar-refractivity contribution < 1.29 is 13.2 Å². The van der Waals surface area contributed by atoms with Crippen molar-refractivity contribution >= 4 is 27.5 Å². The summed E-state index contributed by atoms with van der Waals surface area (Å²) in [6.45, 7) is 0.855. The van der Waals surface area contributed by atoms with Crippen molar-refractivity contribution in [1.82, 2.24) is 19.0 Å². The predicted octanol–water partition coefficient (Wildman–Crippen LogP) is 1.46. The second-order valence-corrected chi connectivity index (χ2v) is 9.15. The van der Waals surface area contributed by atoms with Crippen molar-refractivity contribution in [2.75, 3.05) is 20.1 Å². The van der Waals surface area contributed by atoms with Crippen LogP contribution in [0.25, 0.3) is 0 Å². The van der Waals surface area contributed by atoms with E-state index in [1.54, 1.807) is 41.3 Å². The fourth-order valence-electron chi connectivity index (χ4n) is 2.87. The van der Waals surface area contributed by atoms with Crippen LogP contribution in [0.4, 0.5) is 0 Å². The first-order valence-electron chi connectivity index (χ1n) is 8.26. The van der Waals surface area contributed by atoms with Gasteiger partial charge in [-0.25, -0.2) is 12.7 Å². The van der Waals surface area contributed by atoms with E-state index in [4.69, 9.17) is 18.0 Å². The number of likely N-dealkylation sites (tertiary alicyclic amines) is 1. The predicted molar refractivity (Wildman–Crippen MR) is 103 cm³/mol. The molecule has 2 heterocycles. The molecule has 1 aliphatic heterocycles. The van der Waals surface area contributed by atoms with Crippen molar-refractivity contribution in [2.45, 2.75) is 18.3 Å². The molecule has 7 nitrogen and oxygen atoms in total. The second-order valence-electron chi connectivity index (χ2n) is 6.39. The number of sulfonamides is 1. The number of rotatable bonds is 6. The number of aromatic nitrogens is 2. The van der Waals surface area contributed by atoms with E-state index in [9.17, 15) is 13.2 Å². The van der Waals surface area contributed by atoms with Crippen molar-refractivity contribution in [2.24, 2.45) is 0 Å². The first-order valence-corrected chi connectivity index (χ1v) is 10.1. The molecular weight excluding hydrogens is 388 g/mol. The van der Waals surface area contributed by atoms with Crippen LogP contribution in [0.1, 0.15) is 15.9 Å². The fraction of sp³-hybridized carbons (Fsp3) is 0.333. The molecule has 0 unspecified atom stereocenters. The quantitative estimate of drug-likeness (QED) is 0.680. The van der Waals surface area contributed by atoms with Crippen LogP contribution in [0.3, 0.4) is 0 Å². The van der Waals surface area contributed by atoms with Crippen LogP contribution in [-0.2, 0) is 23.1 Å². The Bertz CT molecular complexity index is 990. The summed E-state index contributed by atoms with van der Waals surface area (Å²) in [4.78, 5) is 13.9. The van der Waals surface area contributed by atoms with Crippen molar-refractivity contribution in [3.8, 4) is 12.3 Å². The molecule has 1 fully saturated rings. The lowest BCUT2D eigenvalue weighted by atomic mass is 10.1. The van der Waals surface area contributed by atoms with Gasteiger partial charge in [-0.1, -0.05) is 23.6 Å². The van der Waals surface area contributed by atoms with Crippen molar-refractivity contribution in [1.29, 1.82) is 0 Å². The highest BCUT2D eigenvalue weighted by Gasteiger charge is 2.42. The number of carbonyl (C=O) groups is 1. The summed E-state index contributed by atoms with van der Waals surface area (Å²) in [6, 6.07) is 6.61. The minimum absolute atomic E-state index is 0.161. The van der Waals surface area contributed by atoms with Gasteiger partial charge in [-0.05, 0) is 18.2 Å². The van der Waals surface area contributed by atoms with Crippen molar-refractivity contribution in [3.05, 3.63) is 52.8 Å². The monoisotopic (exact) mass is 406 g/mol. The lowest BCUT2D eigenvalue weighted by Crippen LogP contribution is -2.59. The second kappa shape index (κ2) is 7.72. The molecule has 0 saturated carbocycles. The summed E-state index contributed by atoms with van der Waals surface area (Å²) in [5.74, 6) is 2.25. The Morgan fingerprint density at radius 2 is 2.19 bits per heavy atom. The van der Waals surface area contributed by atoms with Gasteiger partial charge in [0, 0.05) is 49.0 Å². The maximum atomic E-state index is 12.7. The zero-order chi connectivity index (χ0) is 19.6. The Morgan fingerprint density at radius 1 is 1.44 bits per heavy atom. The molecule has 2 aromatic rings. The molecule has 1 saturated heterocycles. The van der Waals surface area contributed by atoms with E-state index in [2.05, 4.69) is 11.0 Å². The van der Waals surface area contributed by atoms with Crippen molar-refractivity contribution in [3.63, 3.8) is 0 Å². The molecule has 1 amide bonds. The van der Waals surface area contributed by atoms with E-state index in [1.807, 2.05) is 0 Å². The average molecular weight is 407 g/mol.